The van der Waals surface area contributed by atoms with Crippen LogP contribution in [0.15, 0.2) is 22.7 Å². The maximum absolute atomic E-state index is 14.1. The van der Waals surface area contributed by atoms with E-state index in [-0.39, 0.29) is 5.82 Å². The molecule has 3 rings (SSSR count). The number of morpholine rings is 1. The van der Waals surface area contributed by atoms with Crippen LogP contribution in [0.4, 0.5) is 4.39 Å². The minimum atomic E-state index is -0.347. The van der Waals surface area contributed by atoms with E-state index in [4.69, 9.17) is 15.0 Å². The van der Waals surface area contributed by atoms with Crippen LogP contribution in [0.25, 0.3) is 11.4 Å². The predicted octanol–water partition coefficient (Wildman–Crippen LogP) is 1.60. The van der Waals surface area contributed by atoms with Gasteiger partial charge in [-0.25, -0.2) is 4.39 Å². The first-order chi connectivity index (χ1) is 11.3. The van der Waals surface area contributed by atoms with E-state index >= 15 is 0 Å². The van der Waals surface area contributed by atoms with Gasteiger partial charge in [0.05, 0.1) is 25.3 Å². The van der Waals surface area contributed by atoms with E-state index in [1.54, 1.807) is 12.1 Å². The number of hydrogen-bond donors (Lipinski definition) is 1. The normalized spacial score (nSPS) is 15.9. The standard InChI is InChI=1S/C16H21FN4O2/c17-14-4-3-12(2-1-5-18)10-13(14)16-19-15(23-20-16)11-21-6-8-22-9-7-21/h3-4,10H,1-2,5-9,11,18H2. The van der Waals surface area contributed by atoms with E-state index in [2.05, 4.69) is 15.0 Å². The zero-order valence-electron chi connectivity index (χ0n) is 13.0. The molecule has 6 nitrogen and oxygen atoms in total. The number of aryl methyl sites for hydroxylation is 1. The number of nitrogens with zero attached hydrogens (tertiary/aromatic N) is 3. The third-order valence-electron chi connectivity index (χ3n) is 3.87. The van der Waals surface area contributed by atoms with E-state index in [0.29, 0.717) is 43.6 Å². The number of hydrogen-bond acceptors (Lipinski definition) is 6. The quantitative estimate of drug-likeness (QED) is 0.871. The maximum atomic E-state index is 14.1. The summed E-state index contributed by atoms with van der Waals surface area (Å²) in [6, 6.07) is 4.98. The van der Waals surface area contributed by atoms with Gasteiger partial charge in [0.15, 0.2) is 0 Å². The average Bonchev–Trinajstić information content (AvgIpc) is 3.03. The smallest absolute Gasteiger partial charge is 0.241 e. The summed E-state index contributed by atoms with van der Waals surface area (Å²) >= 11 is 0. The summed E-state index contributed by atoms with van der Waals surface area (Å²) in [6.45, 7) is 4.25. The molecule has 1 aliphatic heterocycles. The molecule has 2 heterocycles. The number of halogens is 1. The van der Waals surface area contributed by atoms with Gasteiger partial charge in [0.2, 0.25) is 11.7 Å². The van der Waals surface area contributed by atoms with Crippen LogP contribution < -0.4 is 5.73 Å². The molecule has 0 radical (unpaired) electrons. The topological polar surface area (TPSA) is 77.4 Å². The number of benzene rings is 1. The van der Waals surface area contributed by atoms with Gasteiger partial charge in [-0.2, -0.15) is 4.98 Å². The molecule has 1 saturated heterocycles. The van der Waals surface area contributed by atoms with Crippen LogP contribution in [-0.4, -0.2) is 47.9 Å². The third-order valence-corrected chi connectivity index (χ3v) is 3.87. The molecule has 124 valence electrons. The lowest BCUT2D eigenvalue weighted by Gasteiger charge is -2.24. The van der Waals surface area contributed by atoms with Gasteiger partial charge in [0, 0.05) is 13.1 Å². The minimum Gasteiger partial charge on any atom is -0.379 e. The molecule has 1 aromatic carbocycles. The fourth-order valence-electron chi connectivity index (χ4n) is 2.58. The van der Waals surface area contributed by atoms with Crippen molar-refractivity contribution in [2.45, 2.75) is 19.4 Å². The lowest BCUT2D eigenvalue weighted by molar-refractivity contribution is 0.0297. The van der Waals surface area contributed by atoms with Crippen molar-refractivity contribution >= 4 is 0 Å². The molecule has 0 bridgehead atoms. The summed E-state index contributed by atoms with van der Waals surface area (Å²) in [5.74, 6) is 0.439. The van der Waals surface area contributed by atoms with Crippen molar-refractivity contribution in [3.05, 3.63) is 35.5 Å². The van der Waals surface area contributed by atoms with E-state index in [1.807, 2.05) is 0 Å². The highest BCUT2D eigenvalue weighted by molar-refractivity contribution is 5.56. The Morgan fingerprint density at radius 3 is 2.87 bits per heavy atom. The SMILES string of the molecule is NCCCc1ccc(F)c(-c2noc(CN3CCOCC3)n2)c1. The van der Waals surface area contributed by atoms with Crippen molar-refractivity contribution in [2.24, 2.45) is 5.73 Å². The van der Waals surface area contributed by atoms with Gasteiger partial charge in [-0.3, -0.25) is 4.90 Å². The Bertz CT molecular complexity index is 641. The number of ether oxygens (including phenoxy) is 1. The molecule has 0 unspecified atom stereocenters. The van der Waals surface area contributed by atoms with Crippen molar-refractivity contribution in [3.8, 4) is 11.4 Å². The number of rotatable bonds is 6. The molecular formula is C16H21FN4O2. The zero-order chi connectivity index (χ0) is 16.1. The summed E-state index contributed by atoms with van der Waals surface area (Å²) in [6.07, 6.45) is 1.67. The van der Waals surface area contributed by atoms with E-state index < -0.39 is 0 Å². The predicted molar refractivity (Wildman–Crippen MR) is 83.2 cm³/mol. The summed E-state index contributed by atoms with van der Waals surface area (Å²) in [4.78, 5) is 6.51. The average molecular weight is 320 g/mol. The molecule has 2 aromatic rings. The van der Waals surface area contributed by atoms with Gasteiger partial charge in [-0.15, -0.1) is 0 Å². The van der Waals surface area contributed by atoms with Gasteiger partial charge in [-0.05, 0) is 37.1 Å². The molecule has 0 spiro atoms. The first kappa shape index (κ1) is 16.0. The minimum absolute atomic E-state index is 0.292. The largest absolute Gasteiger partial charge is 0.379 e. The second kappa shape index (κ2) is 7.63. The van der Waals surface area contributed by atoms with Gasteiger partial charge < -0.3 is 15.0 Å². The molecule has 2 N–H and O–H groups in total. The highest BCUT2D eigenvalue weighted by Crippen LogP contribution is 2.22. The zero-order valence-corrected chi connectivity index (χ0v) is 13.0. The van der Waals surface area contributed by atoms with E-state index in [9.17, 15) is 4.39 Å². The second-order valence-electron chi connectivity index (χ2n) is 5.61. The van der Waals surface area contributed by atoms with Crippen molar-refractivity contribution in [3.63, 3.8) is 0 Å². The molecule has 0 atom stereocenters. The second-order valence-corrected chi connectivity index (χ2v) is 5.61. The Hall–Kier alpha value is -1.83. The Morgan fingerprint density at radius 2 is 2.09 bits per heavy atom. The highest BCUT2D eigenvalue weighted by Gasteiger charge is 2.17. The third kappa shape index (κ3) is 4.13. The molecule has 1 aliphatic rings. The fraction of sp³-hybridized carbons (Fsp3) is 0.500. The van der Waals surface area contributed by atoms with Gasteiger partial charge in [-0.1, -0.05) is 11.2 Å². The van der Waals surface area contributed by atoms with E-state index in [1.165, 1.54) is 6.07 Å². The van der Waals surface area contributed by atoms with Gasteiger partial charge >= 0.3 is 0 Å². The Labute approximate surface area is 134 Å². The van der Waals surface area contributed by atoms with Crippen molar-refractivity contribution in [1.29, 1.82) is 0 Å². The highest BCUT2D eigenvalue weighted by atomic mass is 19.1. The van der Waals surface area contributed by atoms with E-state index in [0.717, 1.165) is 31.5 Å². The molecule has 1 fully saturated rings. The molecule has 7 heteroatoms. The fourth-order valence-corrected chi connectivity index (χ4v) is 2.58. The summed E-state index contributed by atoms with van der Waals surface area (Å²) in [5.41, 5.74) is 6.91. The van der Waals surface area contributed by atoms with Crippen LogP contribution >= 0.6 is 0 Å². The van der Waals surface area contributed by atoms with Crippen molar-refractivity contribution < 1.29 is 13.7 Å². The summed E-state index contributed by atoms with van der Waals surface area (Å²) in [5, 5.41) is 3.93. The Balaban J connectivity index is 1.73. The molecule has 1 aromatic heterocycles. The lowest BCUT2D eigenvalue weighted by atomic mass is 10.1. The summed E-state index contributed by atoms with van der Waals surface area (Å²) < 4.78 is 24.6. The lowest BCUT2D eigenvalue weighted by Crippen LogP contribution is -2.35. The maximum Gasteiger partial charge on any atom is 0.241 e. The van der Waals surface area contributed by atoms with Gasteiger partial charge in [0.25, 0.3) is 0 Å². The number of nitrogens with two attached hydrogens (primary N) is 1. The van der Waals surface area contributed by atoms with Crippen LogP contribution in [0.3, 0.4) is 0 Å². The van der Waals surface area contributed by atoms with Crippen LogP contribution in [0.2, 0.25) is 0 Å². The molecule has 0 amide bonds. The monoisotopic (exact) mass is 320 g/mol. The van der Waals surface area contributed by atoms with Crippen molar-refractivity contribution in [2.75, 3.05) is 32.8 Å². The molecule has 0 aliphatic carbocycles. The van der Waals surface area contributed by atoms with Crippen LogP contribution in [-0.2, 0) is 17.7 Å². The first-order valence-electron chi connectivity index (χ1n) is 7.88. The molecular weight excluding hydrogens is 299 g/mol. The van der Waals surface area contributed by atoms with Crippen LogP contribution in [0.1, 0.15) is 17.9 Å². The Morgan fingerprint density at radius 1 is 1.26 bits per heavy atom. The first-order valence-corrected chi connectivity index (χ1v) is 7.88. The molecule has 23 heavy (non-hydrogen) atoms. The van der Waals surface area contributed by atoms with Gasteiger partial charge in [0.1, 0.15) is 5.82 Å². The summed E-state index contributed by atoms with van der Waals surface area (Å²) in [7, 11) is 0. The van der Waals surface area contributed by atoms with Crippen LogP contribution in [0.5, 0.6) is 0 Å². The number of aromatic nitrogens is 2. The molecule has 0 saturated carbocycles. The van der Waals surface area contributed by atoms with Crippen LogP contribution in [0, 0.1) is 5.82 Å². The van der Waals surface area contributed by atoms with Crippen molar-refractivity contribution in [1.82, 2.24) is 15.0 Å². The Kier molecular flexibility index (Phi) is 5.32.